The van der Waals surface area contributed by atoms with Crippen molar-refractivity contribution in [2.45, 2.75) is 77.7 Å². The van der Waals surface area contributed by atoms with Crippen LogP contribution in [0.4, 0.5) is 4.39 Å². The number of hydrogen-bond acceptors (Lipinski definition) is 7. The zero-order chi connectivity index (χ0) is 26.0. The largest absolute Gasteiger partial charge is 0.391 e. The second-order valence-corrected chi connectivity index (χ2v) is 9.73. The Morgan fingerprint density at radius 1 is 1.19 bits per heavy atom. The molecule has 2 aliphatic rings. The van der Waals surface area contributed by atoms with Crippen LogP contribution >= 0.6 is 0 Å². The zero-order valence-electron chi connectivity index (χ0n) is 20.8. The summed E-state index contributed by atoms with van der Waals surface area (Å²) in [5.74, 6) is -0.547. The van der Waals surface area contributed by atoms with Crippen molar-refractivity contribution in [1.82, 2.24) is 14.9 Å². The summed E-state index contributed by atoms with van der Waals surface area (Å²) in [6.45, 7) is 5.18. The van der Waals surface area contributed by atoms with E-state index in [-0.39, 0.29) is 35.5 Å². The average Bonchev–Trinajstić information content (AvgIpc) is 3.34. The molecule has 2 atom stereocenters. The molecule has 36 heavy (non-hydrogen) atoms. The van der Waals surface area contributed by atoms with Crippen molar-refractivity contribution >= 4 is 17.5 Å². The van der Waals surface area contributed by atoms with Crippen LogP contribution in [-0.4, -0.2) is 55.8 Å². The maximum atomic E-state index is 13.7. The van der Waals surface area contributed by atoms with Gasteiger partial charge in [0.1, 0.15) is 35.3 Å². The Kier molecular flexibility index (Phi) is 7.63. The third kappa shape index (κ3) is 5.70. The van der Waals surface area contributed by atoms with Crippen molar-refractivity contribution in [3.05, 3.63) is 58.4 Å². The number of nitrogens with zero attached hydrogens (tertiary/aromatic N) is 4. The van der Waals surface area contributed by atoms with E-state index in [9.17, 15) is 19.1 Å². The standard InChI is InChI=1S/C26H32FN5O4/c1-14-10-17(4-9-20(14)27)13-32(26(35)15(2)33)19-7-5-18(6-8-19)24-12-22(31-36-24)21-11-23(25(28)34)30-16(3)29-21/h4,9-11,15,18-19,24,33H,5-8,12-13H2,1-3H3,(H2,28,34)/t15-,18?,19?,24+/m0/s1. The highest BCUT2D eigenvalue weighted by molar-refractivity contribution is 6.01. The molecule has 2 amide bonds. The fourth-order valence-electron chi connectivity index (χ4n) is 5.06. The van der Waals surface area contributed by atoms with Gasteiger partial charge in [0.15, 0.2) is 0 Å². The van der Waals surface area contributed by atoms with E-state index < -0.39 is 12.0 Å². The average molecular weight is 498 g/mol. The number of aryl methyl sites for hydroxylation is 2. The molecule has 1 saturated carbocycles. The molecule has 0 saturated heterocycles. The number of aliphatic hydroxyl groups is 1. The number of aliphatic hydroxyl groups excluding tert-OH is 1. The molecule has 0 unspecified atom stereocenters. The fourth-order valence-corrected chi connectivity index (χ4v) is 5.06. The Balaban J connectivity index is 1.39. The van der Waals surface area contributed by atoms with Gasteiger partial charge in [0.2, 0.25) is 0 Å². The first kappa shape index (κ1) is 25.7. The maximum Gasteiger partial charge on any atom is 0.267 e. The van der Waals surface area contributed by atoms with Gasteiger partial charge < -0.3 is 20.6 Å². The number of aromatic nitrogens is 2. The topological polar surface area (TPSA) is 131 Å². The van der Waals surface area contributed by atoms with E-state index in [1.54, 1.807) is 30.9 Å². The number of carbonyl (C=O) groups is 2. The molecule has 1 aliphatic heterocycles. The minimum absolute atomic E-state index is 0.0295. The van der Waals surface area contributed by atoms with Gasteiger partial charge >= 0.3 is 0 Å². The number of benzene rings is 1. The third-order valence-electron chi connectivity index (χ3n) is 7.00. The van der Waals surface area contributed by atoms with Gasteiger partial charge in [-0.2, -0.15) is 0 Å². The quantitative estimate of drug-likeness (QED) is 0.605. The van der Waals surface area contributed by atoms with Gasteiger partial charge in [-0.25, -0.2) is 14.4 Å². The number of rotatable bonds is 7. The zero-order valence-corrected chi connectivity index (χ0v) is 20.8. The number of nitrogens with two attached hydrogens (primary N) is 1. The molecular weight excluding hydrogens is 465 g/mol. The van der Waals surface area contributed by atoms with Crippen molar-refractivity contribution < 1.29 is 23.9 Å². The summed E-state index contributed by atoms with van der Waals surface area (Å²) in [4.78, 5) is 40.3. The van der Waals surface area contributed by atoms with Crippen molar-refractivity contribution in [2.75, 3.05) is 0 Å². The van der Waals surface area contributed by atoms with Crippen LogP contribution in [0.5, 0.6) is 0 Å². The summed E-state index contributed by atoms with van der Waals surface area (Å²) >= 11 is 0. The molecule has 1 aromatic heterocycles. The minimum atomic E-state index is -1.11. The van der Waals surface area contributed by atoms with Crippen LogP contribution in [0.1, 0.15) is 72.2 Å². The molecule has 1 aromatic carbocycles. The number of halogens is 1. The highest BCUT2D eigenvalue weighted by Crippen LogP contribution is 2.35. The van der Waals surface area contributed by atoms with Gasteiger partial charge in [0.25, 0.3) is 11.8 Å². The first-order valence-electron chi connectivity index (χ1n) is 12.2. The van der Waals surface area contributed by atoms with E-state index in [1.807, 2.05) is 0 Å². The number of amides is 2. The molecule has 0 bridgehead atoms. The summed E-state index contributed by atoms with van der Waals surface area (Å²) in [5.41, 5.74) is 8.07. The monoisotopic (exact) mass is 497 g/mol. The van der Waals surface area contributed by atoms with Crippen molar-refractivity contribution in [3.63, 3.8) is 0 Å². The Morgan fingerprint density at radius 2 is 1.92 bits per heavy atom. The second-order valence-electron chi connectivity index (χ2n) is 9.73. The molecule has 9 nitrogen and oxygen atoms in total. The molecular formula is C26H32FN5O4. The Bertz CT molecular complexity index is 1180. The number of hydrogen-bond donors (Lipinski definition) is 2. The van der Waals surface area contributed by atoms with Gasteiger partial charge in [0, 0.05) is 19.0 Å². The highest BCUT2D eigenvalue weighted by atomic mass is 19.1. The lowest BCUT2D eigenvalue weighted by atomic mass is 9.80. The van der Waals surface area contributed by atoms with Crippen LogP contribution in [0.3, 0.4) is 0 Å². The fraction of sp³-hybridized carbons (Fsp3) is 0.500. The Hall–Kier alpha value is -3.40. The summed E-state index contributed by atoms with van der Waals surface area (Å²) in [7, 11) is 0. The van der Waals surface area contributed by atoms with Crippen LogP contribution in [0.15, 0.2) is 29.4 Å². The van der Waals surface area contributed by atoms with Crippen LogP contribution in [0.25, 0.3) is 0 Å². The molecule has 2 aromatic rings. The lowest BCUT2D eigenvalue weighted by Gasteiger charge is -2.38. The highest BCUT2D eigenvalue weighted by Gasteiger charge is 2.37. The van der Waals surface area contributed by atoms with Gasteiger partial charge in [-0.3, -0.25) is 9.59 Å². The number of carbonyl (C=O) groups excluding carboxylic acids is 2. The van der Waals surface area contributed by atoms with Gasteiger partial charge in [0.05, 0.1) is 5.69 Å². The second kappa shape index (κ2) is 10.7. The van der Waals surface area contributed by atoms with Gasteiger partial charge in [-0.15, -0.1) is 0 Å². The summed E-state index contributed by atoms with van der Waals surface area (Å²) in [5, 5.41) is 14.2. The van der Waals surface area contributed by atoms with Crippen LogP contribution in [-0.2, 0) is 16.2 Å². The molecule has 4 rings (SSSR count). The van der Waals surface area contributed by atoms with Crippen molar-refractivity contribution in [2.24, 2.45) is 16.8 Å². The van der Waals surface area contributed by atoms with E-state index in [0.29, 0.717) is 35.8 Å². The predicted molar refractivity (Wildman–Crippen MR) is 130 cm³/mol. The van der Waals surface area contributed by atoms with Crippen LogP contribution < -0.4 is 5.73 Å². The van der Waals surface area contributed by atoms with Gasteiger partial charge in [-0.1, -0.05) is 17.3 Å². The number of primary amides is 1. The summed E-state index contributed by atoms with van der Waals surface area (Å²) in [6.07, 6.45) is 2.52. The Morgan fingerprint density at radius 3 is 2.56 bits per heavy atom. The number of oxime groups is 1. The van der Waals surface area contributed by atoms with Crippen LogP contribution in [0.2, 0.25) is 0 Å². The molecule has 2 heterocycles. The normalized spacial score (nSPS) is 22.5. The summed E-state index contributed by atoms with van der Waals surface area (Å²) < 4.78 is 13.7. The maximum absolute atomic E-state index is 13.7. The molecule has 3 N–H and O–H groups in total. The first-order valence-corrected chi connectivity index (χ1v) is 12.2. The molecule has 1 fully saturated rings. The van der Waals surface area contributed by atoms with E-state index in [2.05, 4.69) is 15.1 Å². The summed E-state index contributed by atoms with van der Waals surface area (Å²) in [6, 6.07) is 6.34. The molecule has 1 aliphatic carbocycles. The molecule has 10 heteroatoms. The Labute approximate surface area is 209 Å². The first-order chi connectivity index (χ1) is 17.1. The smallest absolute Gasteiger partial charge is 0.267 e. The van der Waals surface area contributed by atoms with E-state index >= 15 is 0 Å². The molecule has 192 valence electrons. The van der Waals surface area contributed by atoms with Gasteiger partial charge in [-0.05, 0) is 75.6 Å². The van der Waals surface area contributed by atoms with E-state index in [0.717, 1.165) is 31.2 Å². The predicted octanol–water partition coefficient (Wildman–Crippen LogP) is 2.79. The van der Waals surface area contributed by atoms with Crippen LogP contribution in [0, 0.1) is 25.6 Å². The van der Waals surface area contributed by atoms with E-state index in [4.69, 9.17) is 10.6 Å². The lowest BCUT2D eigenvalue weighted by Crippen LogP contribution is -2.46. The minimum Gasteiger partial charge on any atom is -0.391 e. The van der Waals surface area contributed by atoms with Crippen molar-refractivity contribution in [3.8, 4) is 0 Å². The lowest BCUT2D eigenvalue weighted by molar-refractivity contribution is -0.143. The molecule has 0 spiro atoms. The van der Waals surface area contributed by atoms with E-state index in [1.165, 1.54) is 19.1 Å². The molecule has 0 radical (unpaired) electrons. The third-order valence-corrected chi connectivity index (χ3v) is 7.00. The SMILES string of the molecule is Cc1nc(C(N)=O)cc(C2=NO[C@@H](C3CCC(N(Cc4ccc(F)c(C)c4)C(=O)[C@H](C)O)CC3)C2)n1. The van der Waals surface area contributed by atoms with Crippen molar-refractivity contribution in [1.29, 1.82) is 0 Å².